The topological polar surface area (TPSA) is 110 Å². The molecule has 1 aliphatic heterocycles. The number of nitrogens with zero attached hydrogens (tertiary/aromatic N) is 2. The summed E-state index contributed by atoms with van der Waals surface area (Å²) in [6, 6.07) is 7.56. The molecule has 9 heteroatoms. The van der Waals surface area contributed by atoms with E-state index in [9.17, 15) is 0 Å². The van der Waals surface area contributed by atoms with Crippen molar-refractivity contribution in [1.29, 1.82) is 0 Å². The van der Waals surface area contributed by atoms with Crippen LogP contribution in [0.4, 0.5) is 11.5 Å². The van der Waals surface area contributed by atoms with E-state index in [0.717, 1.165) is 41.4 Å². The lowest BCUT2D eigenvalue weighted by Crippen LogP contribution is -2.07. The van der Waals surface area contributed by atoms with Crippen LogP contribution in [0.5, 0.6) is 23.0 Å². The third-order valence-corrected chi connectivity index (χ3v) is 5.34. The lowest BCUT2D eigenvalue weighted by atomic mass is 10.1. The molecule has 0 aliphatic carbocycles. The minimum Gasteiger partial charge on any atom is -0.490 e. The fourth-order valence-electron chi connectivity index (χ4n) is 3.60. The molecule has 1 aromatic heterocycles. The number of unbranched alkanes of at least 4 members (excludes halogenated alkanes) is 2. The maximum atomic E-state index is 6.09. The second kappa shape index (κ2) is 11.0. The maximum Gasteiger partial charge on any atom is 0.231 e. The Morgan fingerprint density at radius 3 is 2.70 bits per heavy atom. The predicted molar refractivity (Wildman–Crippen MR) is 126 cm³/mol. The average Bonchev–Trinajstić information content (AvgIpc) is 3.32. The summed E-state index contributed by atoms with van der Waals surface area (Å²) in [6.07, 6.45) is 4.70. The zero-order chi connectivity index (χ0) is 23.0. The molecule has 1 aliphatic rings. The molecular weight excluding hydrogens is 424 g/mol. The van der Waals surface area contributed by atoms with E-state index >= 15 is 0 Å². The molecule has 0 fully saturated rings. The molecule has 0 saturated carbocycles. The van der Waals surface area contributed by atoms with Crippen molar-refractivity contribution >= 4 is 22.4 Å². The molecule has 0 atom stereocenters. The SMILES string of the molecule is CCCCCOc1cc2c(Nc3c(CN)ccc4c3OCO4)ncnc2cc1OCCOC. The number of ether oxygens (including phenoxy) is 5. The summed E-state index contributed by atoms with van der Waals surface area (Å²) in [5, 5.41) is 4.18. The average molecular weight is 455 g/mol. The van der Waals surface area contributed by atoms with E-state index in [1.54, 1.807) is 7.11 Å². The Hall–Kier alpha value is -3.30. The Morgan fingerprint density at radius 2 is 1.88 bits per heavy atom. The third kappa shape index (κ3) is 5.20. The first kappa shape index (κ1) is 22.9. The van der Waals surface area contributed by atoms with Gasteiger partial charge in [-0.15, -0.1) is 0 Å². The van der Waals surface area contributed by atoms with E-state index in [1.807, 2.05) is 24.3 Å². The molecular formula is C24H30N4O5. The summed E-state index contributed by atoms with van der Waals surface area (Å²) in [4.78, 5) is 8.92. The van der Waals surface area contributed by atoms with Crippen LogP contribution in [0, 0.1) is 0 Å². The minimum atomic E-state index is 0.167. The van der Waals surface area contributed by atoms with Gasteiger partial charge in [0.05, 0.1) is 24.4 Å². The zero-order valence-corrected chi connectivity index (χ0v) is 19.1. The lowest BCUT2D eigenvalue weighted by Gasteiger charge is -2.17. The van der Waals surface area contributed by atoms with Crippen LogP contribution < -0.4 is 30.0 Å². The van der Waals surface area contributed by atoms with E-state index in [2.05, 4.69) is 22.2 Å². The number of nitrogens with two attached hydrogens (primary N) is 1. The van der Waals surface area contributed by atoms with Gasteiger partial charge in [0.25, 0.3) is 0 Å². The van der Waals surface area contributed by atoms with E-state index in [1.165, 1.54) is 6.33 Å². The fraction of sp³-hybridized carbons (Fsp3) is 0.417. The van der Waals surface area contributed by atoms with Gasteiger partial charge in [-0.25, -0.2) is 9.97 Å². The number of anilines is 2. The first-order valence-electron chi connectivity index (χ1n) is 11.2. The summed E-state index contributed by atoms with van der Waals surface area (Å²) < 4.78 is 28.3. The van der Waals surface area contributed by atoms with Gasteiger partial charge in [-0.2, -0.15) is 0 Å². The second-order valence-electron chi connectivity index (χ2n) is 7.60. The van der Waals surface area contributed by atoms with Crippen molar-refractivity contribution in [3.63, 3.8) is 0 Å². The summed E-state index contributed by atoms with van der Waals surface area (Å²) >= 11 is 0. The Morgan fingerprint density at radius 1 is 1.03 bits per heavy atom. The smallest absolute Gasteiger partial charge is 0.231 e. The molecule has 0 unspecified atom stereocenters. The number of hydrogen-bond donors (Lipinski definition) is 2. The van der Waals surface area contributed by atoms with Gasteiger partial charge in [0.1, 0.15) is 18.8 Å². The van der Waals surface area contributed by atoms with Gasteiger partial charge in [0.15, 0.2) is 23.0 Å². The largest absolute Gasteiger partial charge is 0.490 e. The molecule has 0 bridgehead atoms. The number of rotatable bonds is 12. The molecule has 176 valence electrons. The monoisotopic (exact) mass is 454 g/mol. The summed E-state index contributed by atoms with van der Waals surface area (Å²) in [5.74, 6) is 3.17. The van der Waals surface area contributed by atoms with Crippen molar-refractivity contribution in [1.82, 2.24) is 9.97 Å². The van der Waals surface area contributed by atoms with Crippen molar-refractivity contribution < 1.29 is 23.7 Å². The van der Waals surface area contributed by atoms with Gasteiger partial charge in [-0.3, -0.25) is 0 Å². The Balaban J connectivity index is 1.70. The molecule has 3 aromatic rings. The van der Waals surface area contributed by atoms with Crippen LogP contribution in [-0.2, 0) is 11.3 Å². The van der Waals surface area contributed by atoms with E-state index < -0.39 is 0 Å². The number of aromatic nitrogens is 2. The minimum absolute atomic E-state index is 0.167. The summed E-state index contributed by atoms with van der Waals surface area (Å²) in [7, 11) is 1.64. The molecule has 3 N–H and O–H groups in total. The molecule has 4 rings (SSSR count). The van der Waals surface area contributed by atoms with Crippen LogP contribution in [0.15, 0.2) is 30.6 Å². The van der Waals surface area contributed by atoms with Gasteiger partial charge in [-0.05, 0) is 24.1 Å². The van der Waals surface area contributed by atoms with Crippen molar-refractivity contribution in [2.75, 3.05) is 39.0 Å². The second-order valence-corrected chi connectivity index (χ2v) is 7.60. The summed E-state index contributed by atoms with van der Waals surface area (Å²) in [5.41, 5.74) is 8.32. The Kier molecular flexibility index (Phi) is 7.64. The number of fused-ring (bicyclic) bond motifs is 2. The predicted octanol–water partition coefficient (Wildman–Crippen LogP) is 4.16. The Bertz CT molecular complexity index is 1090. The Labute approximate surface area is 193 Å². The fourth-order valence-corrected chi connectivity index (χ4v) is 3.60. The van der Waals surface area contributed by atoms with Crippen LogP contribution in [0.1, 0.15) is 31.7 Å². The van der Waals surface area contributed by atoms with Crippen LogP contribution >= 0.6 is 0 Å². The highest BCUT2D eigenvalue weighted by atomic mass is 16.7. The van der Waals surface area contributed by atoms with Crippen LogP contribution in [0.2, 0.25) is 0 Å². The molecule has 2 heterocycles. The molecule has 33 heavy (non-hydrogen) atoms. The summed E-state index contributed by atoms with van der Waals surface area (Å²) in [6.45, 7) is 4.16. The van der Waals surface area contributed by atoms with Crippen molar-refractivity contribution in [2.45, 2.75) is 32.7 Å². The van der Waals surface area contributed by atoms with E-state index in [0.29, 0.717) is 55.2 Å². The number of nitrogens with one attached hydrogen (secondary N) is 1. The molecule has 0 saturated heterocycles. The highest BCUT2D eigenvalue weighted by Gasteiger charge is 2.22. The normalized spacial score (nSPS) is 12.2. The van der Waals surface area contributed by atoms with Crippen LogP contribution in [-0.4, -0.2) is 43.7 Å². The van der Waals surface area contributed by atoms with Crippen molar-refractivity contribution in [2.24, 2.45) is 5.73 Å². The van der Waals surface area contributed by atoms with E-state index in [4.69, 9.17) is 29.4 Å². The van der Waals surface area contributed by atoms with Crippen LogP contribution in [0.3, 0.4) is 0 Å². The standard InChI is InChI=1S/C24H30N4O5/c1-3-4-5-8-30-20-11-17-18(12-21(20)31-10-9-29-2)26-14-27-24(17)28-22-16(13-25)6-7-19-23(22)33-15-32-19/h6-7,11-12,14H,3-5,8-10,13,15,25H2,1-2H3,(H,26,27,28). The van der Waals surface area contributed by atoms with Gasteiger partial charge in [0.2, 0.25) is 6.79 Å². The molecule has 9 nitrogen and oxygen atoms in total. The van der Waals surface area contributed by atoms with Gasteiger partial charge in [-0.1, -0.05) is 25.8 Å². The van der Waals surface area contributed by atoms with Crippen LogP contribution in [0.25, 0.3) is 10.9 Å². The first-order chi connectivity index (χ1) is 16.2. The highest BCUT2D eigenvalue weighted by molar-refractivity contribution is 5.94. The first-order valence-corrected chi connectivity index (χ1v) is 11.2. The zero-order valence-electron chi connectivity index (χ0n) is 19.1. The van der Waals surface area contributed by atoms with Crippen molar-refractivity contribution in [3.8, 4) is 23.0 Å². The number of hydrogen-bond acceptors (Lipinski definition) is 9. The number of benzene rings is 2. The van der Waals surface area contributed by atoms with Crippen molar-refractivity contribution in [3.05, 3.63) is 36.2 Å². The number of methoxy groups -OCH3 is 1. The van der Waals surface area contributed by atoms with Gasteiger partial charge >= 0.3 is 0 Å². The van der Waals surface area contributed by atoms with E-state index in [-0.39, 0.29) is 6.79 Å². The maximum absolute atomic E-state index is 6.09. The lowest BCUT2D eigenvalue weighted by molar-refractivity contribution is 0.143. The molecule has 2 aromatic carbocycles. The molecule has 0 radical (unpaired) electrons. The third-order valence-electron chi connectivity index (χ3n) is 5.34. The highest BCUT2D eigenvalue weighted by Crippen LogP contribution is 2.43. The van der Waals surface area contributed by atoms with Gasteiger partial charge < -0.3 is 34.7 Å². The van der Waals surface area contributed by atoms with Gasteiger partial charge in [0, 0.05) is 25.1 Å². The molecule has 0 amide bonds. The molecule has 0 spiro atoms. The quantitative estimate of drug-likeness (QED) is 0.390.